The van der Waals surface area contributed by atoms with E-state index in [0.717, 1.165) is 25.1 Å². The summed E-state index contributed by atoms with van der Waals surface area (Å²) in [6, 6.07) is 11.7. The lowest BCUT2D eigenvalue weighted by Crippen LogP contribution is -2.33. The van der Waals surface area contributed by atoms with Crippen molar-refractivity contribution in [3.05, 3.63) is 59.4 Å². The van der Waals surface area contributed by atoms with Crippen molar-refractivity contribution in [1.82, 2.24) is 9.88 Å². The molecule has 2 aromatic rings. The number of hydrogen-bond donors (Lipinski definition) is 1. The molecular weight excluding hydrogens is 304 g/mol. The summed E-state index contributed by atoms with van der Waals surface area (Å²) in [7, 11) is 1.66. The van der Waals surface area contributed by atoms with Gasteiger partial charge in [0.1, 0.15) is 5.75 Å². The lowest BCUT2D eigenvalue weighted by atomic mass is 9.94. The molecule has 0 saturated carbocycles. The monoisotopic (exact) mass is 326 g/mol. The Morgan fingerprint density at radius 3 is 2.79 bits per heavy atom. The number of likely N-dealkylation sites (tertiary alicyclic amines) is 1. The van der Waals surface area contributed by atoms with Gasteiger partial charge >= 0.3 is 5.97 Å². The molecule has 0 unspecified atom stereocenters. The van der Waals surface area contributed by atoms with Crippen LogP contribution in [-0.2, 0) is 6.54 Å². The molecule has 1 aliphatic rings. The van der Waals surface area contributed by atoms with E-state index >= 15 is 0 Å². The minimum atomic E-state index is -0.920. The molecule has 1 aromatic heterocycles. The molecule has 0 spiro atoms. The Bertz CT molecular complexity index is 700. The fraction of sp³-hybridized carbons (Fsp3) is 0.368. The van der Waals surface area contributed by atoms with Gasteiger partial charge in [0, 0.05) is 18.8 Å². The number of aromatic nitrogens is 1. The molecule has 1 atom stereocenters. The first-order valence-electron chi connectivity index (χ1n) is 8.24. The minimum Gasteiger partial charge on any atom is -0.497 e. The maximum absolute atomic E-state index is 11.4. The van der Waals surface area contributed by atoms with Crippen LogP contribution < -0.4 is 4.74 Å². The van der Waals surface area contributed by atoms with Crippen LogP contribution in [0.25, 0.3) is 0 Å². The van der Waals surface area contributed by atoms with Crippen LogP contribution in [0.3, 0.4) is 0 Å². The van der Waals surface area contributed by atoms with E-state index < -0.39 is 5.97 Å². The summed E-state index contributed by atoms with van der Waals surface area (Å²) in [5.41, 5.74) is 2.16. The Labute approximate surface area is 141 Å². The molecule has 126 valence electrons. The van der Waals surface area contributed by atoms with Gasteiger partial charge in [-0.3, -0.25) is 9.88 Å². The molecule has 5 heteroatoms. The Balaban J connectivity index is 1.83. The second-order valence-electron chi connectivity index (χ2n) is 6.06. The van der Waals surface area contributed by atoms with Crippen molar-refractivity contribution in [2.75, 3.05) is 13.7 Å². The van der Waals surface area contributed by atoms with E-state index in [4.69, 9.17) is 4.74 Å². The Morgan fingerprint density at radius 1 is 1.29 bits per heavy atom. The summed E-state index contributed by atoms with van der Waals surface area (Å²) in [4.78, 5) is 18.1. The number of carbonyl (C=O) groups is 1. The predicted molar refractivity (Wildman–Crippen MR) is 91.2 cm³/mol. The van der Waals surface area contributed by atoms with Gasteiger partial charge in [-0.05, 0) is 49.2 Å². The van der Waals surface area contributed by atoms with E-state index in [-0.39, 0.29) is 11.6 Å². The van der Waals surface area contributed by atoms with Crippen LogP contribution >= 0.6 is 0 Å². The van der Waals surface area contributed by atoms with Gasteiger partial charge in [0.2, 0.25) is 0 Å². The summed E-state index contributed by atoms with van der Waals surface area (Å²) in [5.74, 6) is -0.0740. The molecule has 0 aliphatic carbocycles. The molecule has 0 radical (unpaired) electrons. The number of pyridine rings is 1. The van der Waals surface area contributed by atoms with Gasteiger partial charge in [0.15, 0.2) is 0 Å². The van der Waals surface area contributed by atoms with Crippen molar-refractivity contribution in [2.45, 2.75) is 31.8 Å². The van der Waals surface area contributed by atoms with Crippen LogP contribution in [0.4, 0.5) is 0 Å². The molecule has 24 heavy (non-hydrogen) atoms. The zero-order valence-electron chi connectivity index (χ0n) is 13.8. The van der Waals surface area contributed by atoms with Crippen molar-refractivity contribution < 1.29 is 14.6 Å². The van der Waals surface area contributed by atoms with E-state index in [1.165, 1.54) is 12.0 Å². The number of benzene rings is 1. The first-order chi connectivity index (χ1) is 11.7. The highest BCUT2D eigenvalue weighted by atomic mass is 16.5. The van der Waals surface area contributed by atoms with Gasteiger partial charge in [-0.1, -0.05) is 18.6 Å². The van der Waals surface area contributed by atoms with Crippen molar-refractivity contribution in [3.63, 3.8) is 0 Å². The third-order valence-electron chi connectivity index (χ3n) is 4.59. The number of carboxylic acids is 1. The summed E-state index contributed by atoms with van der Waals surface area (Å²) >= 11 is 0. The van der Waals surface area contributed by atoms with E-state index in [0.29, 0.717) is 12.2 Å². The molecule has 0 amide bonds. The Kier molecular flexibility index (Phi) is 5.11. The molecule has 1 aromatic carbocycles. The normalized spacial score (nSPS) is 18.3. The highest BCUT2D eigenvalue weighted by Gasteiger charge is 2.25. The lowest BCUT2D eigenvalue weighted by Gasteiger charge is -2.36. The standard InChI is InChI=1S/C19H22N2O3/c1-24-15-9-7-14(8-10-15)18-6-2-3-12-21(18)13-17-16(19(22)23)5-4-11-20-17/h4-5,7-11,18H,2-3,6,12-13H2,1H3,(H,22,23)/t18-/m1/s1. The number of ether oxygens (including phenoxy) is 1. The van der Waals surface area contributed by atoms with Gasteiger partial charge in [-0.25, -0.2) is 4.79 Å². The summed E-state index contributed by atoms with van der Waals surface area (Å²) in [6.07, 6.45) is 5.04. The fourth-order valence-corrected chi connectivity index (χ4v) is 3.33. The van der Waals surface area contributed by atoms with Gasteiger partial charge in [0.05, 0.1) is 18.4 Å². The van der Waals surface area contributed by atoms with Gasteiger partial charge in [-0.15, -0.1) is 0 Å². The SMILES string of the molecule is COc1ccc([C@H]2CCCCN2Cc2ncccc2C(=O)O)cc1. The fourth-order valence-electron chi connectivity index (χ4n) is 3.33. The summed E-state index contributed by atoms with van der Waals surface area (Å²) in [6.45, 7) is 1.51. The number of piperidine rings is 1. The second kappa shape index (κ2) is 7.45. The van der Waals surface area contributed by atoms with Gasteiger partial charge in [0.25, 0.3) is 0 Å². The average Bonchev–Trinajstić information content (AvgIpc) is 2.62. The van der Waals surface area contributed by atoms with Gasteiger partial charge in [-0.2, -0.15) is 0 Å². The molecule has 1 aliphatic heterocycles. The molecule has 1 N–H and O–H groups in total. The zero-order chi connectivity index (χ0) is 16.9. The molecule has 3 rings (SSSR count). The first kappa shape index (κ1) is 16.5. The van der Waals surface area contributed by atoms with E-state index in [1.807, 2.05) is 12.1 Å². The van der Waals surface area contributed by atoms with Crippen LogP contribution in [0, 0.1) is 0 Å². The summed E-state index contributed by atoms with van der Waals surface area (Å²) in [5, 5.41) is 9.36. The molecule has 0 bridgehead atoms. The maximum atomic E-state index is 11.4. The first-order valence-corrected chi connectivity index (χ1v) is 8.24. The number of aromatic carboxylic acids is 1. The highest BCUT2D eigenvalue weighted by molar-refractivity contribution is 5.88. The quantitative estimate of drug-likeness (QED) is 0.911. The predicted octanol–water partition coefficient (Wildman–Crippen LogP) is 3.52. The van der Waals surface area contributed by atoms with Gasteiger partial charge < -0.3 is 9.84 Å². The van der Waals surface area contributed by atoms with Crippen molar-refractivity contribution in [1.29, 1.82) is 0 Å². The number of carboxylic acid groups (broad SMARTS) is 1. The van der Waals surface area contributed by atoms with Crippen molar-refractivity contribution >= 4 is 5.97 Å². The number of nitrogens with zero attached hydrogens (tertiary/aromatic N) is 2. The minimum absolute atomic E-state index is 0.285. The molecule has 1 saturated heterocycles. The largest absolute Gasteiger partial charge is 0.497 e. The number of methoxy groups -OCH3 is 1. The van der Waals surface area contributed by atoms with Crippen LogP contribution in [0.1, 0.15) is 46.9 Å². The third-order valence-corrected chi connectivity index (χ3v) is 4.59. The molecule has 5 nitrogen and oxygen atoms in total. The van der Waals surface area contributed by atoms with Crippen LogP contribution in [0.5, 0.6) is 5.75 Å². The topological polar surface area (TPSA) is 62.7 Å². The summed E-state index contributed by atoms with van der Waals surface area (Å²) < 4.78 is 5.23. The van der Waals surface area contributed by atoms with E-state index in [1.54, 1.807) is 25.4 Å². The second-order valence-corrected chi connectivity index (χ2v) is 6.06. The lowest BCUT2D eigenvalue weighted by molar-refractivity contribution is 0.0691. The average molecular weight is 326 g/mol. The smallest absolute Gasteiger partial charge is 0.337 e. The molecule has 1 fully saturated rings. The molecule has 2 heterocycles. The zero-order valence-corrected chi connectivity index (χ0v) is 13.8. The number of hydrogen-bond acceptors (Lipinski definition) is 4. The van der Waals surface area contributed by atoms with Crippen LogP contribution in [-0.4, -0.2) is 34.6 Å². The maximum Gasteiger partial charge on any atom is 0.337 e. The van der Waals surface area contributed by atoms with E-state index in [2.05, 4.69) is 22.0 Å². The Hall–Kier alpha value is -2.40. The van der Waals surface area contributed by atoms with Crippen molar-refractivity contribution in [3.8, 4) is 5.75 Å². The van der Waals surface area contributed by atoms with Crippen molar-refractivity contribution in [2.24, 2.45) is 0 Å². The van der Waals surface area contributed by atoms with E-state index in [9.17, 15) is 9.90 Å². The Morgan fingerprint density at radius 2 is 2.08 bits per heavy atom. The third kappa shape index (κ3) is 3.57. The highest BCUT2D eigenvalue weighted by Crippen LogP contribution is 2.33. The molecular formula is C19H22N2O3. The van der Waals surface area contributed by atoms with Crippen LogP contribution in [0.15, 0.2) is 42.6 Å². The van der Waals surface area contributed by atoms with Crippen LogP contribution in [0.2, 0.25) is 0 Å². The number of rotatable bonds is 5.